The summed E-state index contributed by atoms with van der Waals surface area (Å²) in [7, 11) is 0. The molecule has 0 aliphatic carbocycles. The molecule has 104 valence electrons. The summed E-state index contributed by atoms with van der Waals surface area (Å²) in [6.07, 6.45) is 3.08. The quantitative estimate of drug-likeness (QED) is 0.861. The molecular weight excluding hydrogens is 236 g/mol. The van der Waals surface area contributed by atoms with E-state index in [9.17, 15) is 0 Å². The molecular formula is C16H24N2O. The number of benzene rings is 1. The second-order valence-corrected chi connectivity index (χ2v) is 5.65. The maximum Gasteiger partial charge on any atom is 0.195 e. The van der Waals surface area contributed by atoms with E-state index in [4.69, 9.17) is 10.2 Å². The van der Waals surface area contributed by atoms with Gasteiger partial charge in [-0.15, -0.1) is 0 Å². The molecule has 1 aromatic carbocycles. The summed E-state index contributed by atoms with van der Waals surface area (Å²) in [5.74, 6) is 2.17. The summed E-state index contributed by atoms with van der Waals surface area (Å²) in [6.45, 7) is 7.35. The normalized spacial score (nSPS) is 13.3. The zero-order valence-electron chi connectivity index (χ0n) is 12.1. The lowest BCUT2D eigenvalue weighted by atomic mass is 9.88. The summed E-state index contributed by atoms with van der Waals surface area (Å²) in [6, 6.07) is 6.07. The van der Waals surface area contributed by atoms with Crippen LogP contribution in [-0.4, -0.2) is 11.5 Å². The van der Waals surface area contributed by atoms with Crippen LogP contribution in [0.2, 0.25) is 0 Å². The van der Waals surface area contributed by atoms with E-state index < -0.39 is 0 Å². The maximum absolute atomic E-state index is 5.81. The van der Waals surface area contributed by atoms with Crippen molar-refractivity contribution in [2.24, 2.45) is 17.6 Å². The monoisotopic (exact) mass is 260 g/mol. The van der Waals surface area contributed by atoms with Gasteiger partial charge in [0, 0.05) is 6.42 Å². The van der Waals surface area contributed by atoms with Gasteiger partial charge < -0.3 is 10.2 Å². The van der Waals surface area contributed by atoms with E-state index in [2.05, 4.69) is 31.8 Å². The van der Waals surface area contributed by atoms with Crippen LogP contribution < -0.4 is 5.73 Å². The second-order valence-electron chi connectivity index (χ2n) is 5.65. The highest BCUT2D eigenvalue weighted by Gasteiger charge is 2.15. The minimum Gasteiger partial charge on any atom is -0.441 e. The molecule has 1 heterocycles. The Hall–Kier alpha value is -1.35. The van der Waals surface area contributed by atoms with Crippen LogP contribution in [0.3, 0.4) is 0 Å². The van der Waals surface area contributed by atoms with E-state index >= 15 is 0 Å². The van der Waals surface area contributed by atoms with E-state index in [1.807, 2.05) is 12.1 Å². The number of hydrogen-bond donors (Lipinski definition) is 1. The highest BCUT2D eigenvalue weighted by Crippen LogP contribution is 2.24. The average Bonchev–Trinajstić information content (AvgIpc) is 2.78. The molecule has 19 heavy (non-hydrogen) atoms. The lowest BCUT2D eigenvalue weighted by molar-refractivity contribution is 0.330. The zero-order chi connectivity index (χ0) is 13.8. The molecule has 3 nitrogen and oxygen atoms in total. The van der Waals surface area contributed by atoms with Crippen LogP contribution in [0.25, 0.3) is 11.1 Å². The van der Waals surface area contributed by atoms with Crippen LogP contribution in [0.4, 0.5) is 0 Å². The number of nitrogens with zero attached hydrogens (tertiary/aromatic N) is 1. The van der Waals surface area contributed by atoms with Crippen molar-refractivity contribution >= 4 is 11.1 Å². The summed E-state index contributed by atoms with van der Waals surface area (Å²) in [4.78, 5) is 4.61. The highest BCUT2D eigenvalue weighted by atomic mass is 16.3. The lowest BCUT2D eigenvalue weighted by Gasteiger charge is -2.18. The molecule has 2 rings (SSSR count). The first-order chi connectivity index (χ1) is 9.11. The summed E-state index contributed by atoms with van der Waals surface area (Å²) in [5, 5.41) is 0. The van der Waals surface area contributed by atoms with Gasteiger partial charge in [0.2, 0.25) is 0 Å². The summed E-state index contributed by atoms with van der Waals surface area (Å²) in [5.41, 5.74) is 8.75. The Labute approximate surface area is 115 Å². The van der Waals surface area contributed by atoms with E-state index in [1.165, 1.54) is 5.56 Å². The third-order valence-corrected chi connectivity index (χ3v) is 3.87. The van der Waals surface area contributed by atoms with Crippen molar-refractivity contribution in [3.05, 3.63) is 29.7 Å². The topological polar surface area (TPSA) is 52.0 Å². The van der Waals surface area contributed by atoms with Crippen molar-refractivity contribution in [3.8, 4) is 0 Å². The van der Waals surface area contributed by atoms with E-state index in [0.29, 0.717) is 11.8 Å². The number of para-hydroxylation sites is 1. The molecule has 1 aromatic heterocycles. The van der Waals surface area contributed by atoms with Gasteiger partial charge >= 0.3 is 0 Å². The van der Waals surface area contributed by atoms with Crippen molar-refractivity contribution in [1.29, 1.82) is 0 Å². The van der Waals surface area contributed by atoms with Crippen molar-refractivity contribution in [2.75, 3.05) is 6.54 Å². The Kier molecular flexibility index (Phi) is 4.59. The standard InChI is InChI=1S/C16H24N2O/c1-11(2)13(9-10-17)7-8-15-18-16-12(3)5-4-6-14(16)19-15/h4-6,11,13H,7-10,17H2,1-3H3. The van der Waals surface area contributed by atoms with Gasteiger partial charge in [0.1, 0.15) is 5.52 Å². The van der Waals surface area contributed by atoms with Crippen molar-refractivity contribution in [1.82, 2.24) is 4.98 Å². The van der Waals surface area contributed by atoms with Crippen molar-refractivity contribution in [2.45, 2.75) is 40.0 Å². The van der Waals surface area contributed by atoms with Gasteiger partial charge in [-0.05, 0) is 49.8 Å². The Morgan fingerprint density at radius 1 is 1.26 bits per heavy atom. The molecule has 3 heteroatoms. The molecule has 2 N–H and O–H groups in total. The molecule has 0 radical (unpaired) electrons. The Balaban J connectivity index is 2.07. The van der Waals surface area contributed by atoms with Crippen LogP contribution in [-0.2, 0) is 6.42 Å². The van der Waals surface area contributed by atoms with Gasteiger partial charge in [0.05, 0.1) is 0 Å². The smallest absolute Gasteiger partial charge is 0.195 e. The molecule has 0 saturated heterocycles. The fourth-order valence-corrected chi connectivity index (χ4v) is 2.57. The molecule has 1 atom stereocenters. The zero-order valence-corrected chi connectivity index (χ0v) is 12.1. The largest absolute Gasteiger partial charge is 0.441 e. The molecule has 0 bridgehead atoms. The van der Waals surface area contributed by atoms with Gasteiger partial charge in [-0.2, -0.15) is 0 Å². The summed E-state index contributed by atoms with van der Waals surface area (Å²) < 4.78 is 5.81. The van der Waals surface area contributed by atoms with Crippen LogP contribution in [0.5, 0.6) is 0 Å². The Morgan fingerprint density at radius 3 is 2.68 bits per heavy atom. The number of hydrogen-bond acceptors (Lipinski definition) is 3. The predicted octanol–water partition coefficient (Wildman–Crippen LogP) is 3.69. The Bertz CT molecular complexity index is 531. The van der Waals surface area contributed by atoms with Crippen LogP contribution in [0.1, 0.15) is 38.1 Å². The number of fused-ring (bicyclic) bond motifs is 1. The molecule has 2 aromatic rings. The summed E-state index contributed by atoms with van der Waals surface area (Å²) >= 11 is 0. The molecule has 0 spiro atoms. The molecule has 0 saturated carbocycles. The number of oxazole rings is 1. The minimum atomic E-state index is 0.654. The number of nitrogens with two attached hydrogens (primary N) is 1. The third-order valence-electron chi connectivity index (χ3n) is 3.87. The molecule has 0 aliphatic rings. The number of aryl methyl sites for hydroxylation is 2. The predicted molar refractivity (Wildman–Crippen MR) is 79.1 cm³/mol. The van der Waals surface area contributed by atoms with Gasteiger partial charge in [0.15, 0.2) is 11.5 Å². The van der Waals surface area contributed by atoms with Crippen molar-refractivity contribution < 1.29 is 4.42 Å². The highest BCUT2D eigenvalue weighted by molar-refractivity contribution is 5.76. The van der Waals surface area contributed by atoms with Gasteiger partial charge in [0.25, 0.3) is 0 Å². The molecule has 1 unspecified atom stereocenters. The maximum atomic E-state index is 5.81. The number of aromatic nitrogens is 1. The van der Waals surface area contributed by atoms with Gasteiger partial charge in [-0.25, -0.2) is 4.98 Å². The molecule has 0 fully saturated rings. The van der Waals surface area contributed by atoms with Gasteiger partial charge in [-0.1, -0.05) is 26.0 Å². The number of rotatable bonds is 6. The van der Waals surface area contributed by atoms with Crippen LogP contribution in [0.15, 0.2) is 22.6 Å². The van der Waals surface area contributed by atoms with E-state index in [0.717, 1.165) is 42.8 Å². The van der Waals surface area contributed by atoms with E-state index in [1.54, 1.807) is 0 Å². The average molecular weight is 260 g/mol. The lowest BCUT2D eigenvalue weighted by Crippen LogP contribution is -2.15. The first-order valence-corrected chi connectivity index (χ1v) is 7.17. The third kappa shape index (κ3) is 3.35. The minimum absolute atomic E-state index is 0.654. The Morgan fingerprint density at radius 2 is 2.05 bits per heavy atom. The first-order valence-electron chi connectivity index (χ1n) is 7.17. The molecule has 0 amide bonds. The SMILES string of the molecule is Cc1cccc2oc(CCC(CCN)C(C)C)nc12. The van der Waals surface area contributed by atoms with E-state index in [-0.39, 0.29) is 0 Å². The van der Waals surface area contributed by atoms with Crippen molar-refractivity contribution in [3.63, 3.8) is 0 Å². The first kappa shape index (κ1) is 14.1. The fourth-order valence-electron chi connectivity index (χ4n) is 2.57. The van der Waals surface area contributed by atoms with Crippen LogP contribution in [0, 0.1) is 18.8 Å². The second kappa shape index (κ2) is 6.20. The molecule has 0 aliphatic heterocycles. The van der Waals surface area contributed by atoms with Crippen LogP contribution >= 0.6 is 0 Å². The van der Waals surface area contributed by atoms with Gasteiger partial charge in [-0.3, -0.25) is 0 Å². The fraction of sp³-hybridized carbons (Fsp3) is 0.562.